The summed E-state index contributed by atoms with van der Waals surface area (Å²) in [6.45, 7) is 8.32. The predicted octanol–water partition coefficient (Wildman–Crippen LogP) is 1.90. The quantitative estimate of drug-likeness (QED) is 0.809. The molecule has 4 nitrogen and oxygen atoms in total. The lowest BCUT2D eigenvalue weighted by Gasteiger charge is -2.36. The Morgan fingerprint density at radius 3 is 2.65 bits per heavy atom. The summed E-state index contributed by atoms with van der Waals surface area (Å²) in [4.78, 5) is 2.25. The molecule has 0 unspecified atom stereocenters. The highest BCUT2D eigenvalue weighted by molar-refractivity contribution is 5.58. The molecule has 0 bridgehead atoms. The Hall–Kier alpha value is -1.17. The molecule has 0 aromatic rings. The molecule has 0 saturated carbocycles. The number of alkyl halides is 2. The molecule has 0 radical (unpaired) electrons. The van der Waals surface area contributed by atoms with E-state index in [4.69, 9.17) is 0 Å². The van der Waals surface area contributed by atoms with E-state index >= 15 is 0 Å². The van der Waals surface area contributed by atoms with Crippen molar-refractivity contribution in [3.05, 3.63) is 12.3 Å². The van der Waals surface area contributed by atoms with Crippen LogP contribution < -0.4 is 5.32 Å². The van der Waals surface area contributed by atoms with Crippen molar-refractivity contribution in [2.75, 3.05) is 32.7 Å². The Balaban J connectivity index is 1.68. The van der Waals surface area contributed by atoms with Gasteiger partial charge in [0.05, 0.1) is 13.1 Å². The van der Waals surface area contributed by atoms with Crippen molar-refractivity contribution >= 4 is 6.21 Å². The molecule has 2 rings (SSSR count). The molecule has 2 heterocycles. The van der Waals surface area contributed by atoms with Gasteiger partial charge in [-0.15, -0.1) is 0 Å². The van der Waals surface area contributed by atoms with Gasteiger partial charge >= 0.3 is 0 Å². The highest BCUT2D eigenvalue weighted by Crippen LogP contribution is 2.17. The van der Waals surface area contributed by atoms with E-state index in [2.05, 4.69) is 21.9 Å². The molecular formula is C14H24F2N4. The first kappa shape index (κ1) is 15.2. The molecule has 2 aliphatic rings. The minimum Gasteiger partial charge on any atom is -0.374 e. The molecule has 0 spiro atoms. The smallest absolute Gasteiger partial charge is 0.257 e. The summed E-state index contributed by atoms with van der Waals surface area (Å²) in [5.74, 6) is -2.63. The number of hydrogen-bond acceptors (Lipinski definition) is 4. The van der Waals surface area contributed by atoms with Crippen LogP contribution >= 0.6 is 0 Å². The van der Waals surface area contributed by atoms with Gasteiger partial charge in [0.15, 0.2) is 0 Å². The minimum atomic E-state index is -2.63. The van der Waals surface area contributed by atoms with Crippen LogP contribution in [0.15, 0.2) is 17.4 Å². The van der Waals surface area contributed by atoms with Gasteiger partial charge in [0, 0.05) is 50.9 Å². The van der Waals surface area contributed by atoms with E-state index in [1.54, 1.807) is 0 Å². The highest BCUT2D eigenvalue weighted by atomic mass is 19.3. The summed E-state index contributed by atoms with van der Waals surface area (Å²) < 4.78 is 25.6. The highest BCUT2D eigenvalue weighted by Gasteiger charge is 2.25. The second-order valence-electron chi connectivity index (χ2n) is 5.75. The van der Waals surface area contributed by atoms with Crippen LogP contribution in [-0.2, 0) is 0 Å². The average Bonchev–Trinajstić information content (AvgIpc) is 2.89. The lowest BCUT2D eigenvalue weighted by atomic mass is 10.0. The first-order valence-corrected chi connectivity index (χ1v) is 7.25. The molecule has 114 valence electrons. The van der Waals surface area contributed by atoms with Crippen molar-refractivity contribution < 1.29 is 8.78 Å². The Morgan fingerprint density at radius 1 is 1.40 bits per heavy atom. The van der Waals surface area contributed by atoms with E-state index in [0.29, 0.717) is 0 Å². The van der Waals surface area contributed by atoms with Gasteiger partial charge in [0.1, 0.15) is 0 Å². The summed E-state index contributed by atoms with van der Waals surface area (Å²) in [7, 11) is 0. The molecule has 2 aliphatic heterocycles. The van der Waals surface area contributed by atoms with E-state index in [1.807, 2.05) is 11.2 Å². The fourth-order valence-electron chi connectivity index (χ4n) is 2.59. The molecule has 6 heteroatoms. The largest absolute Gasteiger partial charge is 0.374 e. The summed E-state index contributed by atoms with van der Waals surface area (Å²) in [6, 6.07) is 0.190. The normalized spacial score (nSPS) is 20.8. The number of rotatable bonds is 6. The maximum absolute atomic E-state index is 12.8. The van der Waals surface area contributed by atoms with E-state index in [9.17, 15) is 8.78 Å². The van der Waals surface area contributed by atoms with Gasteiger partial charge < -0.3 is 10.2 Å². The van der Waals surface area contributed by atoms with E-state index in [-0.39, 0.29) is 12.6 Å². The van der Waals surface area contributed by atoms with Crippen LogP contribution in [0.25, 0.3) is 0 Å². The Labute approximate surface area is 119 Å². The molecule has 1 saturated heterocycles. The van der Waals surface area contributed by atoms with E-state index < -0.39 is 5.92 Å². The van der Waals surface area contributed by atoms with Gasteiger partial charge in [-0.3, -0.25) is 5.01 Å². The average molecular weight is 286 g/mol. The van der Waals surface area contributed by atoms with Crippen LogP contribution in [-0.4, -0.2) is 60.8 Å². The molecule has 20 heavy (non-hydrogen) atoms. The molecule has 1 N–H and O–H groups in total. The lowest BCUT2D eigenvalue weighted by molar-refractivity contribution is 0.0177. The predicted molar refractivity (Wildman–Crippen MR) is 77.0 cm³/mol. The maximum Gasteiger partial charge on any atom is 0.257 e. The van der Waals surface area contributed by atoms with Gasteiger partial charge in [-0.25, -0.2) is 8.78 Å². The standard InChI is InChI=1S/C14H24F2N4/c1-12(10-20-7-3-6-18-20)19-8-4-13(5-9-19)17-11-14(2,15)16/h6,13,17H,1,3-5,7-11H2,2H3. The Bertz CT molecular complexity index is 357. The zero-order chi connectivity index (χ0) is 14.6. The number of hydrazone groups is 1. The Morgan fingerprint density at radius 2 is 2.10 bits per heavy atom. The van der Waals surface area contributed by atoms with Crippen LogP contribution in [0.4, 0.5) is 8.78 Å². The van der Waals surface area contributed by atoms with Crippen LogP contribution in [0.2, 0.25) is 0 Å². The molecule has 0 aromatic carbocycles. The Kier molecular flexibility index (Phi) is 4.96. The zero-order valence-electron chi connectivity index (χ0n) is 12.1. The van der Waals surface area contributed by atoms with Crippen molar-refractivity contribution in [2.45, 2.75) is 38.2 Å². The summed E-state index contributed by atoms with van der Waals surface area (Å²) in [5.41, 5.74) is 1.07. The summed E-state index contributed by atoms with van der Waals surface area (Å²) in [5, 5.41) is 9.24. The third-order valence-electron chi connectivity index (χ3n) is 3.77. The van der Waals surface area contributed by atoms with Gasteiger partial charge in [-0.1, -0.05) is 6.58 Å². The van der Waals surface area contributed by atoms with Crippen LogP contribution in [0.3, 0.4) is 0 Å². The van der Waals surface area contributed by atoms with Crippen molar-refractivity contribution in [3.63, 3.8) is 0 Å². The molecule has 0 amide bonds. The molecular weight excluding hydrogens is 262 g/mol. The topological polar surface area (TPSA) is 30.9 Å². The van der Waals surface area contributed by atoms with Gasteiger partial charge in [0.25, 0.3) is 5.92 Å². The third-order valence-corrected chi connectivity index (χ3v) is 3.77. The number of halogens is 2. The zero-order valence-corrected chi connectivity index (χ0v) is 12.1. The monoisotopic (exact) mass is 286 g/mol. The number of nitrogens with one attached hydrogen (secondary N) is 1. The second kappa shape index (κ2) is 6.52. The van der Waals surface area contributed by atoms with Crippen molar-refractivity contribution in [3.8, 4) is 0 Å². The van der Waals surface area contributed by atoms with Crippen molar-refractivity contribution in [1.82, 2.24) is 15.2 Å². The van der Waals surface area contributed by atoms with E-state index in [0.717, 1.165) is 58.1 Å². The molecule has 0 aromatic heterocycles. The summed E-state index contributed by atoms with van der Waals surface area (Å²) >= 11 is 0. The minimum absolute atomic E-state index is 0.190. The fourth-order valence-corrected chi connectivity index (χ4v) is 2.59. The molecule has 0 aliphatic carbocycles. The second-order valence-corrected chi connectivity index (χ2v) is 5.75. The first-order chi connectivity index (χ1) is 9.44. The number of hydrogen-bond donors (Lipinski definition) is 1. The number of nitrogens with zero attached hydrogens (tertiary/aromatic N) is 3. The fraction of sp³-hybridized carbons (Fsp3) is 0.786. The van der Waals surface area contributed by atoms with Gasteiger partial charge in [-0.2, -0.15) is 5.10 Å². The van der Waals surface area contributed by atoms with Gasteiger partial charge in [0.2, 0.25) is 0 Å². The van der Waals surface area contributed by atoms with E-state index in [1.165, 1.54) is 0 Å². The maximum atomic E-state index is 12.8. The summed E-state index contributed by atoms with van der Waals surface area (Å²) in [6.07, 6.45) is 4.70. The lowest BCUT2D eigenvalue weighted by Crippen LogP contribution is -2.45. The van der Waals surface area contributed by atoms with Crippen LogP contribution in [0, 0.1) is 0 Å². The number of likely N-dealkylation sites (tertiary alicyclic amines) is 1. The van der Waals surface area contributed by atoms with Crippen molar-refractivity contribution in [2.24, 2.45) is 5.10 Å². The molecule has 1 fully saturated rings. The van der Waals surface area contributed by atoms with Crippen LogP contribution in [0.1, 0.15) is 26.2 Å². The third kappa shape index (κ3) is 4.74. The SMILES string of the molecule is C=C(CN1CCC=N1)N1CCC(NCC(C)(F)F)CC1. The van der Waals surface area contributed by atoms with Crippen molar-refractivity contribution in [1.29, 1.82) is 0 Å². The van der Waals surface area contributed by atoms with Gasteiger partial charge in [-0.05, 0) is 12.8 Å². The molecule has 0 atom stereocenters. The first-order valence-electron chi connectivity index (χ1n) is 7.25. The van der Waals surface area contributed by atoms with Crippen LogP contribution in [0.5, 0.6) is 0 Å². The number of piperidine rings is 1.